The molecule has 4 rings (SSSR count). The SMILES string of the molecule is c1ccc(C2CCCCC2NC(C2CC2)C2CC2)cc1. The van der Waals surface area contributed by atoms with Crippen molar-refractivity contribution >= 4 is 0 Å². The van der Waals surface area contributed by atoms with Crippen LogP contribution in [0.25, 0.3) is 0 Å². The number of hydrogen-bond donors (Lipinski definition) is 1. The fourth-order valence-corrected chi connectivity index (χ4v) is 4.24. The van der Waals surface area contributed by atoms with Crippen LogP contribution in [-0.4, -0.2) is 12.1 Å². The van der Waals surface area contributed by atoms with E-state index in [-0.39, 0.29) is 0 Å². The lowest BCUT2D eigenvalue weighted by molar-refractivity contribution is 0.272. The number of hydrogen-bond acceptors (Lipinski definition) is 1. The van der Waals surface area contributed by atoms with E-state index >= 15 is 0 Å². The summed E-state index contributed by atoms with van der Waals surface area (Å²) in [6.45, 7) is 0. The minimum atomic E-state index is 0.734. The summed E-state index contributed by atoms with van der Waals surface area (Å²) in [6.07, 6.45) is 11.5. The van der Waals surface area contributed by atoms with Gasteiger partial charge in [0.05, 0.1) is 0 Å². The van der Waals surface area contributed by atoms with Crippen LogP contribution in [0.4, 0.5) is 0 Å². The first-order valence-corrected chi connectivity index (χ1v) is 8.73. The minimum Gasteiger partial charge on any atom is -0.310 e. The molecule has 0 bridgehead atoms. The summed E-state index contributed by atoms with van der Waals surface area (Å²) in [6, 6.07) is 12.8. The maximum atomic E-state index is 4.13. The molecule has 0 aromatic heterocycles. The van der Waals surface area contributed by atoms with E-state index in [9.17, 15) is 0 Å². The summed E-state index contributed by atoms with van der Waals surface area (Å²) in [5.41, 5.74) is 1.56. The molecule has 1 aromatic carbocycles. The molecule has 3 aliphatic rings. The Bertz CT molecular complexity index is 420. The third kappa shape index (κ3) is 2.79. The summed E-state index contributed by atoms with van der Waals surface area (Å²) in [5.74, 6) is 2.78. The Labute approximate surface area is 123 Å². The summed E-state index contributed by atoms with van der Waals surface area (Å²) in [7, 11) is 0. The summed E-state index contributed by atoms with van der Waals surface area (Å²) in [4.78, 5) is 0. The minimum absolute atomic E-state index is 0.734. The average molecular weight is 269 g/mol. The maximum Gasteiger partial charge on any atom is 0.0139 e. The Hall–Kier alpha value is -0.820. The van der Waals surface area contributed by atoms with E-state index < -0.39 is 0 Å². The van der Waals surface area contributed by atoms with E-state index in [1.54, 1.807) is 5.56 Å². The van der Waals surface area contributed by atoms with Gasteiger partial charge in [-0.05, 0) is 61.8 Å². The summed E-state index contributed by atoms with van der Waals surface area (Å²) in [5, 5.41) is 4.13. The van der Waals surface area contributed by atoms with Gasteiger partial charge in [-0.25, -0.2) is 0 Å². The topological polar surface area (TPSA) is 12.0 Å². The molecule has 1 nitrogen and oxygen atoms in total. The molecule has 2 atom stereocenters. The van der Waals surface area contributed by atoms with Gasteiger partial charge in [-0.15, -0.1) is 0 Å². The molecule has 3 aliphatic carbocycles. The van der Waals surface area contributed by atoms with E-state index in [1.165, 1.54) is 51.4 Å². The second-order valence-electron chi connectivity index (χ2n) is 7.28. The quantitative estimate of drug-likeness (QED) is 0.830. The standard InChI is InChI=1S/C19H27N/c1-2-6-14(7-3-1)17-8-4-5-9-18(17)20-19(15-10-11-15)16-12-13-16/h1-3,6-7,15-20H,4-5,8-13H2. The van der Waals surface area contributed by atoms with Gasteiger partial charge in [0.1, 0.15) is 0 Å². The zero-order valence-corrected chi connectivity index (χ0v) is 12.4. The Balaban J connectivity index is 1.49. The van der Waals surface area contributed by atoms with E-state index in [0.29, 0.717) is 0 Å². The normalized spacial score (nSPS) is 30.6. The average Bonchev–Trinajstić information content (AvgIpc) is 3.40. The van der Waals surface area contributed by atoms with Gasteiger partial charge >= 0.3 is 0 Å². The lowest BCUT2D eigenvalue weighted by atomic mass is 9.79. The van der Waals surface area contributed by atoms with E-state index in [0.717, 1.165) is 29.8 Å². The molecule has 3 fully saturated rings. The van der Waals surface area contributed by atoms with Crippen LogP contribution in [0.15, 0.2) is 30.3 Å². The van der Waals surface area contributed by atoms with Crippen molar-refractivity contribution in [2.24, 2.45) is 11.8 Å². The zero-order chi connectivity index (χ0) is 13.4. The second kappa shape index (κ2) is 5.52. The van der Waals surface area contributed by atoms with Crippen LogP contribution in [0.3, 0.4) is 0 Å². The molecule has 0 radical (unpaired) electrons. The second-order valence-corrected chi connectivity index (χ2v) is 7.28. The predicted molar refractivity (Wildman–Crippen MR) is 83.8 cm³/mol. The fourth-order valence-electron chi connectivity index (χ4n) is 4.24. The van der Waals surface area contributed by atoms with E-state index in [2.05, 4.69) is 35.6 Å². The highest BCUT2D eigenvalue weighted by Crippen LogP contribution is 2.46. The number of benzene rings is 1. The molecule has 0 heterocycles. The third-order valence-electron chi connectivity index (χ3n) is 5.66. The molecule has 1 heteroatoms. The molecule has 3 saturated carbocycles. The van der Waals surface area contributed by atoms with Crippen LogP contribution in [0.2, 0.25) is 0 Å². The maximum absolute atomic E-state index is 4.13. The Morgan fingerprint density at radius 1 is 0.800 bits per heavy atom. The van der Waals surface area contributed by atoms with Gasteiger partial charge in [-0.3, -0.25) is 0 Å². The molecule has 0 saturated heterocycles. The summed E-state index contributed by atoms with van der Waals surface area (Å²) < 4.78 is 0. The van der Waals surface area contributed by atoms with Crippen LogP contribution in [0, 0.1) is 11.8 Å². The fraction of sp³-hybridized carbons (Fsp3) is 0.684. The largest absolute Gasteiger partial charge is 0.310 e. The van der Waals surface area contributed by atoms with Crippen LogP contribution < -0.4 is 5.32 Å². The van der Waals surface area contributed by atoms with Crippen molar-refractivity contribution < 1.29 is 0 Å². The van der Waals surface area contributed by atoms with Crippen molar-refractivity contribution in [2.75, 3.05) is 0 Å². The van der Waals surface area contributed by atoms with Gasteiger partial charge < -0.3 is 5.32 Å². The first-order chi connectivity index (χ1) is 9.92. The lowest BCUT2D eigenvalue weighted by Gasteiger charge is -2.36. The molecule has 2 unspecified atom stereocenters. The number of rotatable bonds is 5. The first-order valence-electron chi connectivity index (χ1n) is 8.73. The highest BCUT2D eigenvalue weighted by Gasteiger charge is 2.43. The number of nitrogens with one attached hydrogen (secondary N) is 1. The molecular formula is C19H27N. The van der Waals surface area contributed by atoms with E-state index in [1.807, 2.05) is 0 Å². The zero-order valence-electron chi connectivity index (χ0n) is 12.4. The first kappa shape index (κ1) is 12.9. The molecule has 1 aromatic rings. The molecule has 0 spiro atoms. The van der Waals surface area contributed by atoms with Crippen LogP contribution >= 0.6 is 0 Å². The Morgan fingerprint density at radius 2 is 1.45 bits per heavy atom. The highest BCUT2D eigenvalue weighted by molar-refractivity contribution is 5.22. The molecule has 1 N–H and O–H groups in total. The van der Waals surface area contributed by atoms with Crippen LogP contribution in [0.5, 0.6) is 0 Å². The monoisotopic (exact) mass is 269 g/mol. The van der Waals surface area contributed by atoms with Crippen LogP contribution in [-0.2, 0) is 0 Å². The van der Waals surface area contributed by atoms with Crippen LogP contribution in [0.1, 0.15) is 62.8 Å². The van der Waals surface area contributed by atoms with Gasteiger partial charge in [0, 0.05) is 12.1 Å². The van der Waals surface area contributed by atoms with Gasteiger partial charge in [0.15, 0.2) is 0 Å². The van der Waals surface area contributed by atoms with Gasteiger partial charge in [-0.1, -0.05) is 43.2 Å². The smallest absolute Gasteiger partial charge is 0.0139 e. The Morgan fingerprint density at radius 3 is 2.10 bits per heavy atom. The third-order valence-corrected chi connectivity index (χ3v) is 5.66. The van der Waals surface area contributed by atoms with Crippen molar-refractivity contribution in [2.45, 2.75) is 69.4 Å². The lowest BCUT2D eigenvalue weighted by Crippen LogP contribution is -2.45. The van der Waals surface area contributed by atoms with Crippen molar-refractivity contribution in [1.29, 1.82) is 0 Å². The molecule has 108 valence electrons. The highest BCUT2D eigenvalue weighted by atomic mass is 15.0. The predicted octanol–water partition coefficient (Wildman–Crippen LogP) is 4.49. The van der Waals surface area contributed by atoms with Crippen molar-refractivity contribution in [3.63, 3.8) is 0 Å². The Kier molecular flexibility index (Phi) is 3.56. The molecular weight excluding hydrogens is 242 g/mol. The molecule has 20 heavy (non-hydrogen) atoms. The van der Waals surface area contributed by atoms with E-state index in [4.69, 9.17) is 0 Å². The van der Waals surface area contributed by atoms with Crippen molar-refractivity contribution in [3.05, 3.63) is 35.9 Å². The van der Waals surface area contributed by atoms with Crippen molar-refractivity contribution in [1.82, 2.24) is 5.32 Å². The molecule has 0 amide bonds. The summed E-state index contributed by atoms with van der Waals surface area (Å²) >= 11 is 0. The van der Waals surface area contributed by atoms with Gasteiger partial charge in [-0.2, -0.15) is 0 Å². The van der Waals surface area contributed by atoms with Gasteiger partial charge in [0.25, 0.3) is 0 Å². The van der Waals surface area contributed by atoms with Gasteiger partial charge in [0.2, 0.25) is 0 Å². The molecule has 0 aliphatic heterocycles. The van der Waals surface area contributed by atoms with Crippen molar-refractivity contribution in [3.8, 4) is 0 Å².